The smallest absolute Gasteiger partial charge is 0.358 e. The van der Waals surface area contributed by atoms with E-state index >= 15 is 0 Å². The third kappa shape index (κ3) is 4.73. The minimum atomic E-state index is -0.699. The number of anilines is 1. The average molecular weight is 461 g/mol. The number of amides is 1. The molecule has 2 aromatic heterocycles. The van der Waals surface area contributed by atoms with E-state index in [4.69, 9.17) is 9.47 Å². The molecule has 0 unspecified atom stereocenters. The summed E-state index contributed by atoms with van der Waals surface area (Å²) in [5, 5.41) is 5.07. The Hall–Kier alpha value is -4.11. The molecule has 8 nitrogen and oxygen atoms in total. The molecule has 0 atom stereocenters. The molecule has 0 aliphatic heterocycles. The minimum absolute atomic E-state index is 0.0486. The van der Waals surface area contributed by atoms with E-state index in [1.165, 1.54) is 19.4 Å². The normalized spacial score (nSPS) is 10.6. The number of esters is 2. The first-order valence-corrected chi connectivity index (χ1v) is 10.8. The number of methoxy groups -OCH3 is 1. The highest BCUT2D eigenvalue weighted by Gasteiger charge is 2.24. The summed E-state index contributed by atoms with van der Waals surface area (Å²) in [6, 6.07) is 16.8. The second-order valence-corrected chi connectivity index (χ2v) is 7.84. The van der Waals surface area contributed by atoms with Crippen LogP contribution in [0.25, 0.3) is 22.0 Å². The summed E-state index contributed by atoms with van der Waals surface area (Å²) >= 11 is 1.11. The van der Waals surface area contributed by atoms with Crippen LogP contribution in [-0.2, 0) is 20.9 Å². The van der Waals surface area contributed by atoms with Crippen LogP contribution in [-0.4, -0.2) is 34.9 Å². The van der Waals surface area contributed by atoms with Crippen molar-refractivity contribution >= 4 is 45.2 Å². The maximum absolute atomic E-state index is 12.8. The summed E-state index contributed by atoms with van der Waals surface area (Å²) in [5.41, 5.74) is 2.66. The van der Waals surface area contributed by atoms with Crippen molar-refractivity contribution in [2.24, 2.45) is 0 Å². The molecule has 4 rings (SSSR count). The zero-order chi connectivity index (χ0) is 23.4. The third-order valence-electron chi connectivity index (χ3n) is 4.76. The summed E-state index contributed by atoms with van der Waals surface area (Å²) in [7, 11) is 1.29. The first-order chi connectivity index (χ1) is 16.0. The molecule has 0 bridgehead atoms. The molecule has 0 saturated carbocycles. The zero-order valence-corrected chi connectivity index (χ0v) is 18.6. The molecule has 2 aromatic carbocycles. The Morgan fingerprint density at radius 1 is 0.970 bits per heavy atom. The van der Waals surface area contributed by atoms with Crippen LogP contribution in [0.1, 0.15) is 33.5 Å². The van der Waals surface area contributed by atoms with Crippen LogP contribution in [0.2, 0.25) is 0 Å². The van der Waals surface area contributed by atoms with Crippen molar-refractivity contribution in [1.82, 2.24) is 9.97 Å². The number of carbonyl (C=O) groups excluding carboxylic acids is 3. The van der Waals surface area contributed by atoms with Gasteiger partial charge in [0.25, 0.3) is 0 Å². The van der Waals surface area contributed by atoms with Gasteiger partial charge >= 0.3 is 11.9 Å². The summed E-state index contributed by atoms with van der Waals surface area (Å²) < 4.78 is 10.5. The van der Waals surface area contributed by atoms with E-state index in [2.05, 4.69) is 15.3 Å². The molecular formula is C24H19N3O5S. The van der Waals surface area contributed by atoms with Crippen molar-refractivity contribution in [1.29, 1.82) is 0 Å². The van der Waals surface area contributed by atoms with E-state index in [0.717, 1.165) is 22.3 Å². The number of ether oxygens (including phenoxy) is 2. The van der Waals surface area contributed by atoms with Crippen molar-refractivity contribution in [3.63, 3.8) is 0 Å². The van der Waals surface area contributed by atoms with E-state index in [0.29, 0.717) is 16.2 Å². The van der Waals surface area contributed by atoms with E-state index in [1.807, 2.05) is 54.6 Å². The number of fused-ring (bicyclic) bond motifs is 1. The zero-order valence-electron chi connectivity index (χ0n) is 17.8. The molecule has 0 saturated heterocycles. The van der Waals surface area contributed by atoms with Crippen LogP contribution in [0, 0.1) is 0 Å². The first kappa shape index (κ1) is 22.1. The van der Waals surface area contributed by atoms with Gasteiger partial charge in [-0.2, -0.15) is 0 Å². The minimum Gasteiger partial charge on any atom is -0.465 e. The largest absolute Gasteiger partial charge is 0.465 e. The Balaban J connectivity index is 1.74. The van der Waals surface area contributed by atoms with Crippen molar-refractivity contribution < 1.29 is 23.9 Å². The molecule has 9 heteroatoms. The number of nitrogens with one attached hydrogen (secondary N) is 1. The number of rotatable bonds is 6. The highest BCUT2D eigenvalue weighted by atomic mass is 32.1. The molecule has 2 heterocycles. The fourth-order valence-corrected chi connectivity index (χ4v) is 4.10. The van der Waals surface area contributed by atoms with Gasteiger partial charge in [-0.3, -0.25) is 4.79 Å². The molecule has 166 valence electrons. The Morgan fingerprint density at radius 2 is 1.70 bits per heavy atom. The van der Waals surface area contributed by atoms with Gasteiger partial charge in [-0.1, -0.05) is 48.5 Å². The van der Waals surface area contributed by atoms with E-state index in [9.17, 15) is 14.4 Å². The SMILES string of the molecule is COC(=O)c1c(COC(=O)c2csc(NC(C)=O)n2)nc2ccccc2c1-c1ccccc1. The van der Waals surface area contributed by atoms with Gasteiger partial charge in [0, 0.05) is 23.3 Å². The number of benzene rings is 2. The average Bonchev–Trinajstić information content (AvgIpc) is 3.29. The number of nitrogens with zero attached hydrogens (tertiary/aromatic N) is 2. The lowest BCUT2D eigenvalue weighted by Gasteiger charge is -2.16. The lowest BCUT2D eigenvalue weighted by atomic mass is 9.94. The summed E-state index contributed by atoms with van der Waals surface area (Å²) in [5.74, 6) is -1.57. The monoisotopic (exact) mass is 461 g/mol. The fourth-order valence-electron chi connectivity index (χ4n) is 3.38. The van der Waals surface area contributed by atoms with Crippen LogP contribution >= 0.6 is 11.3 Å². The Kier molecular flexibility index (Phi) is 6.41. The predicted octanol–water partition coefficient (Wildman–Crippen LogP) is 4.46. The van der Waals surface area contributed by atoms with Gasteiger partial charge in [0.15, 0.2) is 10.8 Å². The number of thiazole rings is 1. The lowest BCUT2D eigenvalue weighted by Crippen LogP contribution is -2.14. The summed E-state index contributed by atoms with van der Waals surface area (Å²) in [6.07, 6.45) is 0. The highest BCUT2D eigenvalue weighted by Crippen LogP contribution is 2.34. The van der Waals surface area contributed by atoms with Gasteiger partial charge in [-0.25, -0.2) is 19.6 Å². The van der Waals surface area contributed by atoms with Gasteiger partial charge in [0.1, 0.15) is 6.61 Å². The second-order valence-electron chi connectivity index (χ2n) is 6.98. The Bertz CT molecular complexity index is 1350. The van der Waals surface area contributed by atoms with Crippen LogP contribution in [0.15, 0.2) is 60.0 Å². The van der Waals surface area contributed by atoms with E-state index < -0.39 is 11.9 Å². The van der Waals surface area contributed by atoms with Crippen molar-refractivity contribution in [3.05, 3.63) is 76.9 Å². The first-order valence-electron chi connectivity index (χ1n) is 9.93. The molecule has 4 aromatic rings. The fraction of sp³-hybridized carbons (Fsp3) is 0.125. The molecule has 33 heavy (non-hydrogen) atoms. The van der Waals surface area contributed by atoms with Gasteiger partial charge < -0.3 is 14.8 Å². The summed E-state index contributed by atoms with van der Waals surface area (Å²) in [4.78, 5) is 45.2. The van der Waals surface area contributed by atoms with Crippen LogP contribution in [0.5, 0.6) is 0 Å². The van der Waals surface area contributed by atoms with Crippen molar-refractivity contribution in [2.45, 2.75) is 13.5 Å². The maximum Gasteiger partial charge on any atom is 0.358 e. The van der Waals surface area contributed by atoms with Crippen LogP contribution in [0.3, 0.4) is 0 Å². The topological polar surface area (TPSA) is 107 Å². The van der Waals surface area contributed by atoms with Crippen molar-refractivity contribution in [2.75, 3.05) is 12.4 Å². The molecule has 0 radical (unpaired) electrons. The van der Waals surface area contributed by atoms with Crippen LogP contribution in [0.4, 0.5) is 5.13 Å². The van der Waals surface area contributed by atoms with Gasteiger partial charge in [-0.05, 0) is 11.6 Å². The Morgan fingerprint density at radius 3 is 2.42 bits per heavy atom. The molecule has 0 fully saturated rings. The molecular weight excluding hydrogens is 442 g/mol. The molecule has 0 aliphatic rings. The van der Waals surface area contributed by atoms with Gasteiger partial charge in [0.05, 0.1) is 23.9 Å². The molecule has 1 N–H and O–H groups in total. The molecule has 0 aliphatic carbocycles. The Labute approximate surface area is 193 Å². The van der Waals surface area contributed by atoms with Gasteiger partial charge in [-0.15, -0.1) is 11.3 Å². The number of aromatic nitrogens is 2. The number of para-hydroxylation sites is 1. The number of pyridine rings is 1. The standard InChI is InChI=1S/C24H19N3O5S/c1-14(28)25-24-27-19(13-33-24)22(29)32-12-18-21(23(30)31-2)20(15-8-4-3-5-9-15)16-10-6-7-11-17(16)26-18/h3-11,13H,12H2,1-2H3,(H,25,27,28). The summed E-state index contributed by atoms with van der Waals surface area (Å²) in [6.45, 7) is 1.09. The van der Waals surface area contributed by atoms with Crippen LogP contribution < -0.4 is 5.32 Å². The quantitative estimate of drug-likeness (QED) is 0.422. The van der Waals surface area contributed by atoms with Gasteiger partial charge in [0.2, 0.25) is 5.91 Å². The maximum atomic E-state index is 12.8. The number of hydrogen-bond acceptors (Lipinski definition) is 8. The highest BCUT2D eigenvalue weighted by molar-refractivity contribution is 7.14. The molecule has 1 amide bonds. The van der Waals surface area contributed by atoms with E-state index in [1.54, 1.807) is 0 Å². The van der Waals surface area contributed by atoms with E-state index in [-0.39, 0.29) is 29.5 Å². The third-order valence-corrected chi connectivity index (χ3v) is 5.51. The van der Waals surface area contributed by atoms with Crippen molar-refractivity contribution in [3.8, 4) is 11.1 Å². The number of hydrogen-bond donors (Lipinski definition) is 1. The number of carbonyl (C=O) groups is 3. The lowest BCUT2D eigenvalue weighted by molar-refractivity contribution is -0.114. The molecule has 0 spiro atoms. The predicted molar refractivity (Wildman–Crippen MR) is 124 cm³/mol. The second kappa shape index (κ2) is 9.58.